The van der Waals surface area contributed by atoms with E-state index in [0.29, 0.717) is 0 Å². The van der Waals surface area contributed by atoms with Gasteiger partial charge in [0.2, 0.25) is 0 Å². The lowest BCUT2D eigenvalue weighted by atomic mass is 10.1. The number of hydrogen-bond donors (Lipinski definition) is 0. The summed E-state index contributed by atoms with van der Waals surface area (Å²) in [7, 11) is 2.12. The highest BCUT2D eigenvalue weighted by atomic mass is 19.1. The highest BCUT2D eigenvalue weighted by molar-refractivity contribution is 5.16. The average molecular weight is 195 g/mol. The fourth-order valence-corrected chi connectivity index (χ4v) is 1.46. The van der Waals surface area contributed by atoms with Crippen LogP contribution in [0.2, 0.25) is 0 Å². The van der Waals surface area contributed by atoms with Crippen molar-refractivity contribution in [2.75, 3.05) is 20.1 Å². The van der Waals surface area contributed by atoms with E-state index in [1.807, 2.05) is 12.1 Å². The average Bonchev–Trinajstić information content (AvgIpc) is 2.17. The van der Waals surface area contributed by atoms with Gasteiger partial charge in [-0.2, -0.15) is 0 Å². The van der Waals surface area contributed by atoms with E-state index in [1.165, 1.54) is 24.1 Å². The molecule has 0 bridgehead atoms. The molecule has 0 unspecified atom stereocenters. The number of likely N-dealkylation sites (N-methyl/N-ethyl adjacent to an activating group) is 1. The van der Waals surface area contributed by atoms with Gasteiger partial charge >= 0.3 is 0 Å². The van der Waals surface area contributed by atoms with Gasteiger partial charge in [0.05, 0.1) is 0 Å². The third-order valence-corrected chi connectivity index (χ3v) is 2.30. The van der Waals surface area contributed by atoms with Crippen molar-refractivity contribution in [2.45, 2.75) is 19.8 Å². The Kier molecular flexibility index (Phi) is 4.60. The first kappa shape index (κ1) is 11.2. The van der Waals surface area contributed by atoms with E-state index in [9.17, 15) is 4.39 Å². The van der Waals surface area contributed by atoms with Gasteiger partial charge < -0.3 is 4.90 Å². The topological polar surface area (TPSA) is 3.24 Å². The van der Waals surface area contributed by atoms with E-state index in [2.05, 4.69) is 18.9 Å². The van der Waals surface area contributed by atoms with Gasteiger partial charge in [-0.15, -0.1) is 0 Å². The fourth-order valence-electron chi connectivity index (χ4n) is 1.46. The van der Waals surface area contributed by atoms with Gasteiger partial charge in [-0.25, -0.2) is 4.39 Å². The highest BCUT2D eigenvalue weighted by Gasteiger charge is 1.98. The molecule has 0 saturated carbocycles. The monoisotopic (exact) mass is 195 g/mol. The fraction of sp³-hybridized carbons (Fsp3) is 0.500. The Balaban J connectivity index is 2.34. The minimum absolute atomic E-state index is 0.157. The van der Waals surface area contributed by atoms with E-state index in [-0.39, 0.29) is 5.82 Å². The molecule has 0 aliphatic rings. The minimum atomic E-state index is -0.157. The van der Waals surface area contributed by atoms with Crippen molar-refractivity contribution in [3.05, 3.63) is 35.6 Å². The molecule has 1 aromatic rings. The second-order valence-electron chi connectivity index (χ2n) is 3.68. The molecule has 0 fully saturated rings. The van der Waals surface area contributed by atoms with Crippen molar-refractivity contribution in [3.63, 3.8) is 0 Å². The molecule has 2 heteroatoms. The van der Waals surface area contributed by atoms with Gasteiger partial charge in [-0.1, -0.05) is 19.1 Å². The molecule has 78 valence electrons. The Morgan fingerprint density at radius 3 is 2.36 bits per heavy atom. The SMILES string of the molecule is CCCN(C)CCc1ccc(F)cc1. The van der Waals surface area contributed by atoms with E-state index in [0.717, 1.165) is 19.5 Å². The summed E-state index contributed by atoms with van der Waals surface area (Å²) in [6.07, 6.45) is 2.18. The summed E-state index contributed by atoms with van der Waals surface area (Å²) >= 11 is 0. The Morgan fingerprint density at radius 1 is 1.14 bits per heavy atom. The van der Waals surface area contributed by atoms with Crippen LogP contribution in [0.15, 0.2) is 24.3 Å². The molecule has 0 heterocycles. The van der Waals surface area contributed by atoms with Crippen LogP contribution in [0, 0.1) is 5.82 Å². The molecular formula is C12H18FN. The van der Waals surface area contributed by atoms with Crippen LogP contribution in [0.4, 0.5) is 4.39 Å². The van der Waals surface area contributed by atoms with E-state index < -0.39 is 0 Å². The number of nitrogens with zero attached hydrogens (tertiary/aromatic N) is 1. The number of rotatable bonds is 5. The standard InChI is InChI=1S/C12H18FN/c1-3-9-14(2)10-8-11-4-6-12(13)7-5-11/h4-7H,3,8-10H2,1-2H3. The molecule has 0 aliphatic carbocycles. The minimum Gasteiger partial charge on any atom is -0.306 e. The zero-order valence-electron chi connectivity index (χ0n) is 8.96. The summed E-state index contributed by atoms with van der Waals surface area (Å²) in [6.45, 7) is 4.34. The van der Waals surface area contributed by atoms with Gasteiger partial charge in [0.25, 0.3) is 0 Å². The summed E-state index contributed by atoms with van der Waals surface area (Å²) in [5.41, 5.74) is 1.20. The summed E-state index contributed by atoms with van der Waals surface area (Å²) in [4.78, 5) is 2.29. The van der Waals surface area contributed by atoms with Crippen LogP contribution in [-0.2, 0) is 6.42 Å². The maximum atomic E-state index is 12.6. The lowest BCUT2D eigenvalue weighted by molar-refractivity contribution is 0.339. The Hall–Kier alpha value is -0.890. The van der Waals surface area contributed by atoms with Crippen LogP contribution in [0.3, 0.4) is 0 Å². The van der Waals surface area contributed by atoms with Crippen LogP contribution < -0.4 is 0 Å². The molecule has 0 aromatic heterocycles. The smallest absolute Gasteiger partial charge is 0.123 e. The normalized spacial score (nSPS) is 10.9. The Morgan fingerprint density at radius 2 is 1.79 bits per heavy atom. The zero-order valence-corrected chi connectivity index (χ0v) is 8.96. The third-order valence-electron chi connectivity index (χ3n) is 2.30. The Labute approximate surface area is 85.5 Å². The lowest BCUT2D eigenvalue weighted by Gasteiger charge is -2.14. The van der Waals surface area contributed by atoms with Crippen molar-refractivity contribution >= 4 is 0 Å². The maximum absolute atomic E-state index is 12.6. The molecule has 1 aromatic carbocycles. The highest BCUT2D eigenvalue weighted by Crippen LogP contribution is 2.04. The van der Waals surface area contributed by atoms with Crippen LogP contribution in [0.5, 0.6) is 0 Å². The Bertz CT molecular complexity index is 256. The third kappa shape index (κ3) is 3.88. The van der Waals surface area contributed by atoms with Gasteiger partial charge in [0.1, 0.15) is 5.82 Å². The van der Waals surface area contributed by atoms with Gasteiger partial charge in [0.15, 0.2) is 0 Å². The summed E-state index contributed by atoms with van der Waals surface area (Å²) in [5.74, 6) is -0.157. The molecule has 0 aliphatic heterocycles. The van der Waals surface area contributed by atoms with Crippen molar-refractivity contribution in [3.8, 4) is 0 Å². The van der Waals surface area contributed by atoms with Crippen LogP contribution in [0.25, 0.3) is 0 Å². The van der Waals surface area contributed by atoms with Crippen LogP contribution >= 0.6 is 0 Å². The molecule has 1 rings (SSSR count). The first-order valence-electron chi connectivity index (χ1n) is 5.15. The molecule has 1 nitrogen and oxygen atoms in total. The number of benzene rings is 1. The van der Waals surface area contributed by atoms with E-state index >= 15 is 0 Å². The summed E-state index contributed by atoms with van der Waals surface area (Å²) in [6, 6.07) is 6.76. The number of hydrogen-bond acceptors (Lipinski definition) is 1. The molecule has 0 N–H and O–H groups in total. The second-order valence-corrected chi connectivity index (χ2v) is 3.68. The molecular weight excluding hydrogens is 177 g/mol. The summed E-state index contributed by atoms with van der Waals surface area (Å²) < 4.78 is 12.6. The molecule has 14 heavy (non-hydrogen) atoms. The summed E-state index contributed by atoms with van der Waals surface area (Å²) in [5, 5.41) is 0. The van der Waals surface area contributed by atoms with E-state index in [4.69, 9.17) is 0 Å². The van der Waals surface area contributed by atoms with Crippen LogP contribution in [-0.4, -0.2) is 25.0 Å². The first-order valence-corrected chi connectivity index (χ1v) is 5.15. The predicted molar refractivity (Wildman–Crippen MR) is 57.9 cm³/mol. The van der Waals surface area contributed by atoms with Crippen LogP contribution in [0.1, 0.15) is 18.9 Å². The van der Waals surface area contributed by atoms with Gasteiger partial charge in [-0.3, -0.25) is 0 Å². The molecule has 0 atom stereocenters. The quantitative estimate of drug-likeness (QED) is 0.698. The predicted octanol–water partition coefficient (Wildman–Crippen LogP) is 2.71. The molecule has 0 amide bonds. The van der Waals surface area contributed by atoms with Crippen molar-refractivity contribution in [1.29, 1.82) is 0 Å². The van der Waals surface area contributed by atoms with Crippen molar-refractivity contribution in [1.82, 2.24) is 4.90 Å². The van der Waals surface area contributed by atoms with E-state index in [1.54, 1.807) is 0 Å². The van der Waals surface area contributed by atoms with Crippen molar-refractivity contribution < 1.29 is 4.39 Å². The maximum Gasteiger partial charge on any atom is 0.123 e. The van der Waals surface area contributed by atoms with Gasteiger partial charge in [-0.05, 0) is 44.1 Å². The van der Waals surface area contributed by atoms with Crippen molar-refractivity contribution in [2.24, 2.45) is 0 Å². The molecule has 0 radical (unpaired) electrons. The second kappa shape index (κ2) is 5.76. The molecule has 0 spiro atoms. The van der Waals surface area contributed by atoms with Gasteiger partial charge in [0, 0.05) is 6.54 Å². The lowest BCUT2D eigenvalue weighted by Crippen LogP contribution is -2.21. The largest absolute Gasteiger partial charge is 0.306 e. The number of halogens is 1. The molecule has 0 saturated heterocycles. The first-order chi connectivity index (χ1) is 6.72. The zero-order chi connectivity index (χ0) is 10.4.